The van der Waals surface area contributed by atoms with Gasteiger partial charge >= 0.3 is 0 Å². The van der Waals surface area contributed by atoms with Gasteiger partial charge in [0.25, 0.3) is 0 Å². The van der Waals surface area contributed by atoms with Crippen LogP contribution in [0.15, 0.2) is 48.5 Å². The molecule has 1 unspecified atom stereocenters. The van der Waals surface area contributed by atoms with Crippen LogP contribution in [0.5, 0.6) is 0 Å². The van der Waals surface area contributed by atoms with Crippen molar-refractivity contribution in [3.8, 4) is 0 Å². The van der Waals surface area contributed by atoms with Crippen molar-refractivity contribution < 1.29 is 4.39 Å². The Labute approximate surface area is 130 Å². The van der Waals surface area contributed by atoms with Crippen molar-refractivity contribution in [2.24, 2.45) is 5.73 Å². The highest BCUT2D eigenvalue weighted by Crippen LogP contribution is 2.16. The van der Waals surface area contributed by atoms with E-state index in [0.717, 1.165) is 30.1 Å². The van der Waals surface area contributed by atoms with Crippen LogP contribution in [0.1, 0.15) is 23.6 Å². The van der Waals surface area contributed by atoms with Crippen molar-refractivity contribution >= 4 is 11.6 Å². The van der Waals surface area contributed by atoms with Gasteiger partial charge in [0.2, 0.25) is 0 Å². The van der Waals surface area contributed by atoms with Crippen LogP contribution in [0, 0.1) is 5.82 Å². The van der Waals surface area contributed by atoms with E-state index in [0.29, 0.717) is 0 Å². The molecular formula is C17H20ClFN2. The highest BCUT2D eigenvalue weighted by molar-refractivity contribution is 6.30. The quantitative estimate of drug-likeness (QED) is 0.874. The molecule has 0 bridgehead atoms. The van der Waals surface area contributed by atoms with Crippen LogP contribution in [-0.2, 0) is 6.54 Å². The molecule has 2 nitrogen and oxygen atoms in total. The molecule has 0 aliphatic heterocycles. The number of nitrogens with zero attached hydrogens (tertiary/aromatic N) is 1. The fraction of sp³-hybridized carbons (Fsp3) is 0.294. The summed E-state index contributed by atoms with van der Waals surface area (Å²) in [5.74, 6) is -0.232. The lowest BCUT2D eigenvalue weighted by Gasteiger charge is -2.19. The van der Waals surface area contributed by atoms with Crippen molar-refractivity contribution in [1.82, 2.24) is 4.90 Å². The molecule has 112 valence electrons. The Morgan fingerprint density at radius 2 is 1.90 bits per heavy atom. The SMILES string of the molecule is CN(CCC(N)c1ccc(F)cc1)Cc1cccc(Cl)c1. The molecule has 1 atom stereocenters. The minimum Gasteiger partial charge on any atom is -0.324 e. The normalized spacial score (nSPS) is 12.6. The Hall–Kier alpha value is -1.42. The first-order chi connectivity index (χ1) is 10.0. The monoisotopic (exact) mass is 306 g/mol. The number of rotatable bonds is 6. The lowest BCUT2D eigenvalue weighted by molar-refractivity contribution is 0.311. The van der Waals surface area contributed by atoms with Crippen molar-refractivity contribution in [2.75, 3.05) is 13.6 Å². The highest BCUT2D eigenvalue weighted by atomic mass is 35.5. The van der Waals surface area contributed by atoms with E-state index in [-0.39, 0.29) is 11.9 Å². The Balaban J connectivity index is 1.83. The van der Waals surface area contributed by atoms with Crippen LogP contribution < -0.4 is 5.73 Å². The second-order valence-electron chi connectivity index (χ2n) is 5.31. The van der Waals surface area contributed by atoms with Gasteiger partial charge in [-0.2, -0.15) is 0 Å². The van der Waals surface area contributed by atoms with E-state index in [9.17, 15) is 4.39 Å². The van der Waals surface area contributed by atoms with Crippen molar-refractivity contribution in [2.45, 2.75) is 19.0 Å². The third-order valence-corrected chi connectivity index (χ3v) is 3.70. The zero-order valence-electron chi connectivity index (χ0n) is 12.1. The molecule has 0 fully saturated rings. The van der Waals surface area contributed by atoms with Crippen LogP contribution in [0.25, 0.3) is 0 Å². The molecule has 0 aliphatic rings. The maximum Gasteiger partial charge on any atom is 0.123 e. The average molecular weight is 307 g/mol. The highest BCUT2D eigenvalue weighted by Gasteiger charge is 2.08. The van der Waals surface area contributed by atoms with E-state index in [4.69, 9.17) is 17.3 Å². The molecule has 0 spiro atoms. The minimum atomic E-state index is -0.232. The summed E-state index contributed by atoms with van der Waals surface area (Å²) < 4.78 is 12.9. The van der Waals surface area contributed by atoms with Gasteiger partial charge < -0.3 is 10.6 Å². The molecule has 4 heteroatoms. The van der Waals surface area contributed by atoms with Crippen molar-refractivity contribution in [1.29, 1.82) is 0 Å². The maximum absolute atomic E-state index is 12.9. The van der Waals surface area contributed by atoms with Crippen LogP contribution >= 0.6 is 11.6 Å². The number of benzene rings is 2. The van der Waals surface area contributed by atoms with E-state index in [2.05, 4.69) is 18.0 Å². The van der Waals surface area contributed by atoms with Gasteiger partial charge in [0.15, 0.2) is 0 Å². The first kappa shape index (κ1) is 16.0. The smallest absolute Gasteiger partial charge is 0.123 e. The van der Waals surface area contributed by atoms with Gasteiger partial charge in [-0.15, -0.1) is 0 Å². The summed E-state index contributed by atoms with van der Waals surface area (Å²) >= 11 is 5.98. The molecule has 0 amide bonds. The second kappa shape index (κ2) is 7.55. The number of halogens is 2. The Morgan fingerprint density at radius 3 is 2.57 bits per heavy atom. The van der Waals surface area contributed by atoms with Gasteiger partial charge in [0.05, 0.1) is 0 Å². The zero-order valence-corrected chi connectivity index (χ0v) is 12.9. The molecule has 0 saturated carbocycles. The first-order valence-electron chi connectivity index (χ1n) is 6.98. The predicted molar refractivity (Wildman–Crippen MR) is 85.7 cm³/mol. The summed E-state index contributed by atoms with van der Waals surface area (Å²) in [7, 11) is 2.05. The number of hydrogen-bond donors (Lipinski definition) is 1. The molecular weight excluding hydrogens is 287 g/mol. The molecule has 2 aromatic rings. The third kappa shape index (κ3) is 5.12. The predicted octanol–water partition coefficient (Wildman–Crippen LogP) is 4.00. The summed E-state index contributed by atoms with van der Waals surface area (Å²) in [4.78, 5) is 2.20. The van der Waals surface area contributed by atoms with E-state index < -0.39 is 0 Å². The average Bonchev–Trinajstić information content (AvgIpc) is 2.45. The van der Waals surface area contributed by atoms with Crippen molar-refractivity contribution in [3.63, 3.8) is 0 Å². The molecule has 0 aromatic heterocycles. The second-order valence-corrected chi connectivity index (χ2v) is 5.75. The Morgan fingerprint density at radius 1 is 1.19 bits per heavy atom. The van der Waals surface area contributed by atoms with Crippen LogP contribution in [-0.4, -0.2) is 18.5 Å². The Kier molecular flexibility index (Phi) is 5.74. The largest absolute Gasteiger partial charge is 0.324 e. The Bertz CT molecular complexity index is 571. The molecule has 0 aliphatic carbocycles. The fourth-order valence-corrected chi connectivity index (χ4v) is 2.48. The van der Waals surface area contributed by atoms with Gasteiger partial charge in [0.1, 0.15) is 5.82 Å². The minimum absolute atomic E-state index is 0.0765. The molecule has 2 rings (SSSR count). The topological polar surface area (TPSA) is 29.3 Å². The van der Waals surface area contributed by atoms with Crippen molar-refractivity contribution in [3.05, 3.63) is 70.5 Å². The molecule has 0 radical (unpaired) electrons. The number of hydrogen-bond acceptors (Lipinski definition) is 2. The van der Waals surface area contributed by atoms with E-state index in [1.54, 1.807) is 12.1 Å². The summed E-state index contributed by atoms with van der Waals surface area (Å²) in [6, 6.07) is 14.2. The summed E-state index contributed by atoms with van der Waals surface area (Å²) in [6.45, 7) is 1.70. The zero-order chi connectivity index (χ0) is 15.2. The lowest BCUT2D eigenvalue weighted by Crippen LogP contribution is -2.23. The van der Waals surface area contributed by atoms with E-state index in [1.165, 1.54) is 17.7 Å². The van der Waals surface area contributed by atoms with Crippen LogP contribution in [0.3, 0.4) is 0 Å². The standard InChI is InChI=1S/C17H20ClFN2/c1-21(12-13-3-2-4-15(18)11-13)10-9-17(20)14-5-7-16(19)8-6-14/h2-8,11,17H,9-10,12,20H2,1H3. The first-order valence-corrected chi connectivity index (χ1v) is 7.36. The lowest BCUT2D eigenvalue weighted by atomic mass is 10.0. The van der Waals surface area contributed by atoms with Gasteiger partial charge in [0, 0.05) is 17.6 Å². The fourth-order valence-electron chi connectivity index (χ4n) is 2.26. The van der Waals surface area contributed by atoms with Gasteiger partial charge in [-0.1, -0.05) is 35.9 Å². The van der Waals surface area contributed by atoms with E-state index in [1.807, 2.05) is 18.2 Å². The third-order valence-electron chi connectivity index (χ3n) is 3.46. The van der Waals surface area contributed by atoms with Crippen LogP contribution in [0.2, 0.25) is 5.02 Å². The maximum atomic E-state index is 12.9. The van der Waals surface area contributed by atoms with Gasteiger partial charge in [-0.25, -0.2) is 4.39 Å². The summed E-state index contributed by atoms with van der Waals surface area (Å²) in [6.07, 6.45) is 0.822. The summed E-state index contributed by atoms with van der Waals surface area (Å²) in [5.41, 5.74) is 8.29. The van der Waals surface area contributed by atoms with Gasteiger partial charge in [-0.3, -0.25) is 0 Å². The molecule has 2 aromatic carbocycles. The molecule has 2 N–H and O–H groups in total. The van der Waals surface area contributed by atoms with E-state index >= 15 is 0 Å². The molecule has 21 heavy (non-hydrogen) atoms. The van der Waals surface area contributed by atoms with Crippen LogP contribution in [0.4, 0.5) is 4.39 Å². The molecule has 0 saturated heterocycles. The van der Waals surface area contributed by atoms with Gasteiger partial charge in [-0.05, 0) is 55.4 Å². The molecule has 0 heterocycles. The summed E-state index contributed by atoms with van der Waals surface area (Å²) in [5, 5.41) is 0.754. The number of nitrogens with two attached hydrogens (primary N) is 1.